The molecule has 0 fully saturated rings. The third-order valence-electron chi connectivity index (χ3n) is 2.37. The number of benzene rings is 1. The van der Waals surface area contributed by atoms with Crippen molar-refractivity contribution < 1.29 is 19.2 Å². The summed E-state index contributed by atoms with van der Waals surface area (Å²) >= 11 is 0. The smallest absolute Gasteiger partial charge is 0.491 e. The summed E-state index contributed by atoms with van der Waals surface area (Å²) in [5, 5.41) is 18.4. The molecular weight excluding hydrogens is 210 g/mol. The molecule has 0 saturated heterocycles. The van der Waals surface area contributed by atoms with Crippen molar-refractivity contribution in [2.24, 2.45) is 0 Å². The largest absolute Gasteiger partial charge is 0.492 e. The molecule has 16 heavy (non-hydrogen) atoms. The Morgan fingerprint density at radius 1 is 1.38 bits per heavy atom. The molecule has 0 unspecified atom stereocenters. The maximum absolute atomic E-state index is 13.5. The van der Waals surface area contributed by atoms with E-state index in [2.05, 4.69) is 0 Å². The first-order valence-corrected chi connectivity index (χ1v) is 5.35. The molecule has 0 aliphatic heterocycles. The molecule has 0 spiro atoms. The highest BCUT2D eigenvalue weighted by atomic mass is 19.1. The third-order valence-corrected chi connectivity index (χ3v) is 2.37. The summed E-state index contributed by atoms with van der Waals surface area (Å²) in [4.78, 5) is 0. The Bertz CT molecular complexity index is 355. The second-order valence-electron chi connectivity index (χ2n) is 3.68. The fourth-order valence-corrected chi connectivity index (χ4v) is 1.46. The van der Waals surface area contributed by atoms with Gasteiger partial charge in [-0.3, -0.25) is 0 Å². The second kappa shape index (κ2) is 5.87. The van der Waals surface area contributed by atoms with E-state index in [1.807, 2.05) is 6.92 Å². The highest BCUT2D eigenvalue weighted by molar-refractivity contribution is 6.60. The zero-order chi connectivity index (χ0) is 12.1. The van der Waals surface area contributed by atoms with Crippen LogP contribution in [0.4, 0.5) is 4.39 Å². The number of unbranched alkanes of at least 4 members (excludes halogenated alkanes) is 1. The van der Waals surface area contributed by atoms with Crippen LogP contribution in [0.3, 0.4) is 0 Å². The van der Waals surface area contributed by atoms with Gasteiger partial charge >= 0.3 is 7.12 Å². The minimum atomic E-state index is -1.72. The van der Waals surface area contributed by atoms with Crippen molar-refractivity contribution in [3.8, 4) is 5.75 Å². The lowest BCUT2D eigenvalue weighted by Crippen LogP contribution is -2.34. The van der Waals surface area contributed by atoms with E-state index < -0.39 is 12.9 Å². The van der Waals surface area contributed by atoms with Crippen molar-refractivity contribution in [2.75, 3.05) is 6.61 Å². The first-order valence-electron chi connectivity index (χ1n) is 5.35. The van der Waals surface area contributed by atoms with Gasteiger partial charge in [0.15, 0.2) is 11.6 Å². The molecule has 0 aromatic heterocycles. The van der Waals surface area contributed by atoms with Gasteiger partial charge in [0.25, 0.3) is 0 Å². The van der Waals surface area contributed by atoms with Crippen molar-refractivity contribution >= 4 is 12.6 Å². The predicted molar refractivity (Wildman–Crippen MR) is 61.4 cm³/mol. The molecule has 0 bridgehead atoms. The summed E-state index contributed by atoms with van der Waals surface area (Å²) in [6.45, 7) is 4.05. The van der Waals surface area contributed by atoms with Gasteiger partial charge in [-0.25, -0.2) is 4.39 Å². The summed E-state index contributed by atoms with van der Waals surface area (Å²) in [7, 11) is -1.72. The molecule has 0 saturated carbocycles. The van der Waals surface area contributed by atoms with Gasteiger partial charge in [0.2, 0.25) is 0 Å². The lowest BCUT2D eigenvalue weighted by Gasteiger charge is -2.13. The fourth-order valence-electron chi connectivity index (χ4n) is 1.46. The van der Waals surface area contributed by atoms with Crippen LogP contribution in [0, 0.1) is 12.7 Å². The molecule has 2 N–H and O–H groups in total. The van der Waals surface area contributed by atoms with Gasteiger partial charge in [0.05, 0.1) is 6.61 Å². The molecule has 0 atom stereocenters. The normalized spacial score (nSPS) is 10.3. The number of ether oxygens (including phenoxy) is 1. The van der Waals surface area contributed by atoms with Crippen molar-refractivity contribution in [3.63, 3.8) is 0 Å². The summed E-state index contributed by atoms with van der Waals surface area (Å²) in [5.41, 5.74) is 0.707. The zero-order valence-corrected chi connectivity index (χ0v) is 9.53. The van der Waals surface area contributed by atoms with Gasteiger partial charge in [-0.05, 0) is 25.0 Å². The molecule has 3 nitrogen and oxygen atoms in total. The number of aryl methyl sites for hydroxylation is 1. The zero-order valence-electron chi connectivity index (χ0n) is 9.53. The Morgan fingerprint density at radius 2 is 2.06 bits per heavy atom. The van der Waals surface area contributed by atoms with E-state index in [1.165, 1.54) is 12.1 Å². The quantitative estimate of drug-likeness (QED) is 0.581. The third kappa shape index (κ3) is 2.96. The maximum Gasteiger partial charge on any atom is 0.492 e. The van der Waals surface area contributed by atoms with Gasteiger partial charge in [0, 0.05) is 5.46 Å². The molecule has 0 aliphatic rings. The number of rotatable bonds is 5. The maximum atomic E-state index is 13.5. The Kier molecular flexibility index (Phi) is 4.77. The van der Waals surface area contributed by atoms with Crippen molar-refractivity contribution in [1.29, 1.82) is 0 Å². The Balaban J connectivity index is 2.98. The summed E-state index contributed by atoms with van der Waals surface area (Å²) in [6.07, 6.45) is 1.73. The molecule has 88 valence electrons. The molecule has 1 aromatic carbocycles. The fraction of sp³-hybridized carbons (Fsp3) is 0.455. The first-order chi connectivity index (χ1) is 7.57. The molecule has 0 heterocycles. The minimum absolute atomic E-state index is 0.0524. The van der Waals surface area contributed by atoms with Gasteiger partial charge < -0.3 is 14.8 Å². The Hall–Kier alpha value is -1.07. The van der Waals surface area contributed by atoms with E-state index in [0.717, 1.165) is 12.8 Å². The molecule has 0 radical (unpaired) electrons. The van der Waals surface area contributed by atoms with E-state index in [0.29, 0.717) is 12.2 Å². The average molecular weight is 226 g/mol. The van der Waals surface area contributed by atoms with Crippen LogP contribution in [-0.2, 0) is 0 Å². The second-order valence-corrected chi connectivity index (χ2v) is 3.68. The average Bonchev–Trinajstić information content (AvgIpc) is 2.23. The Morgan fingerprint density at radius 3 is 2.62 bits per heavy atom. The molecular formula is C11H16BFO3. The van der Waals surface area contributed by atoms with Crippen molar-refractivity contribution in [3.05, 3.63) is 23.5 Å². The Labute approximate surface area is 95.0 Å². The van der Waals surface area contributed by atoms with Crippen LogP contribution < -0.4 is 10.2 Å². The van der Waals surface area contributed by atoms with Crippen LogP contribution in [0.5, 0.6) is 5.75 Å². The monoisotopic (exact) mass is 226 g/mol. The van der Waals surface area contributed by atoms with Gasteiger partial charge in [0.1, 0.15) is 0 Å². The number of halogens is 1. The van der Waals surface area contributed by atoms with Gasteiger partial charge in [-0.2, -0.15) is 0 Å². The van der Waals surface area contributed by atoms with E-state index in [9.17, 15) is 14.4 Å². The standard InChI is InChI=1S/C11H16BFO3/c1-3-4-7-16-11-9(13)6-5-8(2)10(11)12(14)15/h5-6,14-15H,3-4,7H2,1-2H3. The highest BCUT2D eigenvalue weighted by Gasteiger charge is 2.22. The van der Waals surface area contributed by atoms with Crippen LogP contribution in [-0.4, -0.2) is 23.8 Å². The number of hydrogen-bond acceptors (Lipinski definition) is 3. The van der Waals surface area contributed by atoms with Crippen molar-refractivity contribution in [2.45, 2.75) is 26.7 Å². The SMILES string of the molecule is CCCCOc1c(F)ccc(C)c1B(O)O. The highest BCUT2D eigenvalue weighted by Crippen LogP contribution is 2.17. The molecule has 5 heteroatoms. The van der Waals surface area contributed by atoms with E-state index in [-0.39, 0.29) is 11.2 Å². The molecule has 0 amide bonds. The van der Waals surface area contributed by atoms with Gasteiger partial charge in [-0.15, -0.1) is 0 Å². The lowest BCUT2D eigenvalue weighted by atomic mass is 9.76. The van der Waals surface area contributed by atoms with Crippen LogP contribution in [0.25, 0.3) is 0 Å². The van der Waals surface area contributed by atoms with E-state index >= 15 is 0 Å². The van der Waals surface area contributed by atoms with E-state index in [1.54, 1.807) is 6.92 Å². The first kappa shape index (κ1) is 13.0. The molecule has 1 aromatic rings. The summed E-state index contributed by atoms with van der Waals surface area (Å²) in [5.74, 6) is -0.617. The predicted octanol–water partition coefficient (Wildman–Crippen LogP) is 0.993. The van der Waals surface area contributed by atoms with E-state index in [4.69, 9.17) is 4.74 Å². The molecule has 1 rings (SSSR count). The van der Waals surface area contributed by atoms with Crippen LogP contribution >= 0.6 is 0 Å². The van der Waals surface area contributed by atoms with Crippen LogP contribution in [0.15, 0.2) is 12.1 Å². The van der Waals surface area contributed by atoms with Crippen LogP contribution in [0.1, 0.15) is 25.3 Å². The summed E-state index contributed by atoms with van der Waals surface area (Å²) < 4.78 is 18.7. The van der Waals surface area contributed by atoms with Gasteiger partial charge in [-0.1, -0.05) is 19.4 Å². The lowest BCUT2D eigenvalue weighted by molar-refractivity contribution is 0.294. The topological polar surface area (TPSA) is 49.7 Å². The van der Waals surface area contributed by atoms with Crippen molar-refractivity contribution in [1.82, 2.24) is 0 Å². The molecule has 0 aliphatic carbocycles. The number of hydrogen-bond donors (Lipinski definition) is 2. The summed E-state index contributed by atoms with van der Waals surface area (Å²) in [6, 6.07) is 2.76. The minimum Gasteiger partial charge on any atom is -0.491 e. The van der Waals surface area contributed by atoms with Crippen LogP contribution in [0.2, 0.25) is 0 Å².